The van der Waals surface area contributed by atoms with E-state index in [9.17, 15) is 0 Å². The summed E-state index contributed by atoms with van der Waals surface area (Å²) in [5.41, 5.74) is 0. The maximum Gasteiger partial charge on any atom is 0.221 e. The maximum atomic E-state index is 6.00. The molecule has 1 aromatic carbocycles. The molecule has 3 nitrogen and oxygen atoms in total. The predicted octanol–water partition coefficient (Wildman–Crippen LogP) is 2.61. The van der Waals surface area contributed by atoms with Gasteiger partial charge in [0.25, 0.3) is 0 Å². The van der Waals surface area contributed by atoms with Crippen LogP contribution in [0.4, 0.5) is 0 Å². The van der Waals surface area contributed by atoms with Crippen LogP contribution in [-0.2, 0) is 0 Å². The number of nitrogens with one attached hydrogen (secondary N) is 1. The van der Waals surface area contributed by atoms with Gasteiger partial charge in [-0.05, 0) is 49.9 Å². The van der Waals surface area contributed by atoms with Crippen LogP contribution in [-0.4, -0.2) is 24.7 Å². The molecular weight excluding hydrogens is 224 g/mol. The smallest absolute Gasteiger partial charge is 0.221 e. The summed E-state index contributed by atoms with van der Waals surface area (Å²) >= 11 is 0. The SMILES string of the molecule is CNCC1CC(Oc2nccc3ccccc23)C1. The van der Waals surface area contributed by atoms with Gasteiger partial charge in [0.05, 0.1) is 0 Å². The Bertz CT molecular complexity index is 530. The van der Waals surface area contributed by atoms with Crippen molar-refractivity contribution in [2.75, 3.05) is 13.6 Å². The summed E-state index contributed by atoms with van der Waals surface area (Å²) in [6.07, 6.45) is 4.42. The Morgan fingerprint density at radius 2 is 2.11 bits per heavy atom. The average molecular weight is 242 g/mol. The largest absolute Gasteiger partial charge is 0.474 e. The van der Waals surface area contributed by atoms with Crippen LogP contribution in [0, 0.1) is 5.92 Å². The van der Waals surface area contributed by atoms with Gasteiger partial charge >= 0.3 is 0 Å². The van der Waals surface area contributed by atoms with Crippen molar-refractivity contribution in [2.45, 2.75) is 18.9 Å². The molecular formula is C15H18N2O. The molecule has 1 aliphatic rings. The summed E-state index contributed by atoms with van der Waals surface area (Å²) < 4.78 is 6.00. The zero-order valence-electron chi connectivity index (χ0n) is 10.6. The topological polar surface area (TPSA) is 34.1 Å². The number of nitrogens with zero attached hydrogens (tertiary/aromatic N) is 1. The molecule has 1 saturated carbocycles. The van der Waals surface area contributed by atoms with E-state index in [1.165, 1.54) is 5.39 Å². The molecule has 1 aliphatic carbocycles. The number of ether oxygens (including phenoxy) is 1. The molecule has 0 aliphatic heterocycles. The molecule has 1 fully saturated rings. The molecule has 0 saturated heterocycles. The highest BCUT2D eigenvalue weighted by Crippen LogP contribution is 2.32. The summed E-state index contributed by atoms with van der Waals surface area (Å²) in [6, 6.07) is 10.3. The highest BCUT2D eigenvalue weighted by atomic mass is 16.5. The van der Waals surface area contributed by atoms with Crippen molar-refractivity contribution < 1.29 is 4.74 Å². The van der Waals surface area contributed by atoms with E-state index in [1.54, 1.807) is 0 Å². The third-order valence-electron chi connectivity index (χ3n) is 3.60. The molecule has 2 aromatic rings. The predicted molar refractivity (Wildman–Crippen MR) is 72.8 cm³/mol. The Morgan fingerprint density at radius 3 is 2.94 bits per heavy atom. The number of benzene rings is 1. The summed E-state index contributed by atoms with van der Waals surface area (Å²) in [7, 11) is 2.00. The highest BCUT2D eigenvalue weighted by molar-refractivity contribution is 5.86. The zero-order chi connectivity index (χ0) is 12.4. The van der Waals surface area contributed by atoms with Gasteiger partial charge in [-0.1, -0.05) is 18.2 Å². The van der Waals surface area contributed by atoms with Gasteiger partial charge in [0, 0.05) is 11.6 Å². The molecule has 0 atom stereocenters. The lowest BCUT2D eigenvalue weighted by Gasteiger charge is -2.35. The van der Waals surface area contributed by atoms with Gasteiger partial charge < -0.3 is 10.1 Å². The average Bonchev–Trinajstić information content (AvgIpc) is 2.37. The number of hydrogen-bond acceptors (Lipinski definition) is 3. The van der Waals surface area contributed by atoms with E-state index in [4.69, 9.17) is 4.74 Å². The van der Waals surface area contributed by atoms with Crippen molar-refractivity contribution in [1.29, 1.82) is 0 Å². The van der Waals surface area contributed by atoms with E-state index in [2.05, 4.69) is 22.4 Å². The van der Waals surface area contributed by atoms with Gasteiger partial charge in [-0.3, -0.25) is 0 Å². The number of pyridine rings is 1. The molecule has 0 bridgehead atoms. The Labute approximate surface area is 107 Å². The van der Waals surface area contributed by atoms with Crippen LogP contribution in [0.3, 0.4) is 0 Å². The van der Waals surface area contributed by atoms with Crippen LogP contribution in [0.25, 0.3) is 10.8 Å². The van der Waals surface area contributed by atoms with Gasteiger partial charge in [-0.2, -0.15) is 0 Å². The lowest BCUT2D eigenvalue weighted by Crippen LogP contribution is -2.38. The number of aromatic nitrogens is 1. The quantitative estimate of drug-likeness (QED) is 0.895. The zero-order valence-corrected chi connectivity index (χ0v) is 10.6. The molecule has 1 N–H and O–H groups in total. The molecule has 0 spiro atoms. The van der Waals surface area contributed by atoms with Crippen molar-refractivity contribution >= 4 is 10.8 Å². The van der Waals surface area contributed by atoms with E-state index < -0.39 is 0 Å². The number of hydrogen-bond donors (Lipinski definition) is 1. The third-order valence-corrected chi connectivity index (χ3v) is 3.60. The molecule has 94 valence electrons. The molecule has 1 aromatic heterocycles. The second kappa shape index (κ2) is 4.94. The second-order valence-electron chi connectivity index (χ2n) is 4.97. The minimum Gasteiger partial charge on any atom is -0.474 e. The van der Waals surface area contributed by atoms with Crippen LogP contribution in [0.15, 0.2) is 36.5 Å². The van der Waals surface area contributed by atoms with Crippen molar-refractivity contribution in [1.82, 2.24) is 10.3 Å². The van der Waals surface area contributed by atoms with Crippen molar-refractivity contribution in [2.24, 2.45) is 5.92 Å². The Kier molecular flexibility index (Phi) is 3.15. The standard InChI is InChI=1S/C15H18N2O/c1-16-10-11-8-13(9-11)18-15-14-5-3-2-4-12(14)6-7-17-15/h2-7,11,13,16H,8-10H2,1H3. The lowest BCUT2D eigenvalue weighted by atomic mass is 9.82. The van der Waals surface area contributed by atoms with Gasteiger partial charge in [0.1, 0.15) is 6.10 Å². The fourth-order valence-electron chi connectivity index (χ4n) is 2.57. The first-order chi connectivity index (χ1) is 8.86. The summed E-state index contributed by atoms with van der Waals surface area (Å²) in [4.78, 5) is 4.36. The minimum absolute atomic E-state index is 0.335. The Hall–Kier alpha value is -1.61. The lowest BCUT2D eigenvalue weighted by molar-refractivity contribution is 0.0632. The third kappa shape index (κ3) is 2.18. The first-order valence-corrected chi connectivity index (χ1v) is 6.52. The van der Waals surface area contributed by atoms with Crippen LogP contribution in [0.2, 0.25) is 0 Å². The van der Waals surface area contributed by atoms with E-state index in [-0.39, 0.29) is 0 Å². The molecule has 0 radical (unpaired) electrons. The van der Waals surface area contributed by atoms with Crippen LogP contribution >= 0.6 is 0 Å². The van der Waals surface area contributed by atoms with E-state index in [0.717, 1.165) is 36.6 Å². The molecule has 0 unspecified atom stereocenters. The van der Waals surface area contributed by atoms with Crippen molar-refractivity contribution in [3.63, 3.8) is 0 Å². The fraction of sp³-hybridized carbons (Fsp3) is 0.400. The molecule has 3 heteroatoms. The number of rotatable bonds is 4. The van der Waals surface area contributed by atoms with Crippen molar-refractivity contribution in [3.05, 3.63) is 36.5 Å². The first kappa shape index (κ1) is 11.5. The Morgan fingerprint density at radius 1 is 1.28 bits per heavy atom. The summed E-state index contributed by atoms with van der Waals surface area (Å²) in [5.74, 6) is 1.54. The van der Waals surface area contributed by atoms with Crippen LogP contribution < -0.4 is 10.1 Å². The Balaban J connectivity index is 1.72. The van der Waals surface area contributed by atoms with Gasteiger partial charge in [-0.15, -0.1) is 0 Å². The van der Waals surface area contributed by atoms with E-state index in [1.807, 2.05) is 31.4 Å². The number of fused-ring (bicyclic) bond motifs is 1. The van der Waals surface area contributed by atoms with Crippen LogP contribution in [0.5, 0.6) is 5.88 Å². The normalized spacial score (nSPS) is 22.7. The van der Waals surface area contributed by atoms with Crippen LogP contribution in [0.1, 0.15) is 12.8 Å². The summed E-state index contributed by atoms with van der Waals surface area (Å²) in [5, 5.41) is 5.51. The molecule has 0 amide bonds. The highest BCUT2D eigenvalue weighted by Gasteiger charge is 2.30. The van der Waals surface area contributed by atoms with Gasteiger partial charge in [0.2, 0.25) is 5.88 Å². The van der Waals surface area contributed by atoms with E-state index in [0.29, 0.717) is 6.10 Å². The van der Waals surface area contributed by atoms with Gasteiger partial charge in [-0.25, -0.2) is 4.98 Å². The molecule has 18 heavy (non-hydrogen) atoms. The molecule has 3 rings (SSSR count). The van der Waals surface area contributed by atoms with E-state index >= 15 is 0 Å². The second-order valence-corrected chi connectivity index (χ2v) is 4.97. The molecule has 1 heterocycles. The van der Waals surface area contributed by atoms with Crippen molar-refractivity contribution in [3.8, 4) is 5.88 Å². The first-order valence-electron chi connectivity index (χ1n) is 6.52. The minimum atomic E-state index is 0.335. The van der Waals surface area contributed by atoms with Gasteiger partial charge in [0.15, 0.2) is 0 Å². The fourth-order valence-corrected chi connectivity index (χ4v) is 2.57. The maximum absolute atomic E-state index is 6.00. The monoisotopic (exact) mass is 242 g/mol. The summed E-state index contributed by atoms with van der Waals surface area (Å²) in [6.45, 7) is 1.09.